The Hall–Kier alpha value is -2.59. The lowest BCUT2D eigenvalue weighted by Gasteiger charge is -2.11. The minimum absolute atomic E-state index is 0.288. The van der Waals surface area contributed by atoms with Crippen molar-refractivity contribution in [2.75, 3.05) is 13.7 Å². The van der Waals surface area contributed by atoms with Crippen molar-refractivity contribution < 1.29 is 9.84 Å². The fourth-order valence-electron chi connectivity index (χ4n) is 2.86. The average molecular weight is 322 g/mol. The summed E-state index contributed by atoms with van der Waals surface area (Å²) in [4.78, 5) is 4.63. The van der Waals surface area contributed by atoms with Gasteiger partial charge in [0.05, 0.1) is 18.6 Å². The molecule has 0 radical (unpaired) electrons. The molecule has 4 heteroatoms. The summed E-state index contributed by atoms with van der Waals surface area (Å²) >= 11 is 0. The molecule has 0 spiro atoms. The van der Waals surface area contributed by atoms with Gasteiger partial charge in [0.15, 0.2) is 0 Å². The number of rotatable bonds is 7. The van der Waals surface area contributed by atoms with Crippen LogP contribution in [-0.4, -0.2) is 28.4 Å². The highest BCUT2D eigenvalue weighted by molar-refractivity contribution is 5.29. The summed E-state index contributed by atoms with van der Waals surface area (Å²) in [5.41, 5.74) is 4.57. The standard InChI is InChI=1S/C20H22N2O2/c1-24-11-10-20-19(13-16-6-3-2-4-7-16)21-15-22(20)14-17-8-5-9-18(23)12-17/h2-9,12,15,23H,10-11,13-14H2,1H3. The lowest BCUT2D eigenvalue weighted by Crippen LogP contribution is -2.08. The van der Waals surface area contributed by atoms with Crippen molar-refractivity contribution >= 4 is 0 Å². The van der Waals surface area contributed by atoms with E-state index in [4.69, 9.17) is 4.74 Å². The molecule has 24 heavy (non-hydrogen) atoms. The van der Waals surface area contributed by atoms with E-state index in [0.29, 0.717) is 13.2 Å². The van der Waals surface area contributed by atoms with Crippen molar-refractivity contribution in [1.29, 1.82) is 0 Å². The second-order valence-corrected chi connectivity index (χ2v) is 5.84. The van der Waals surface area contributed by atoms with Crippen LogP contribution >= 0.6 is 0 Å². The van der Waals surface area contributed by atoms with E-state index in [9.17, 15) is 5.11 Å². The number of phenolic OH excluding ortho intramolecular Hbond substituents is 1. The van der Waals surface area contributed by atoms with E-state index < -0.39 is 0 Å². The second-order valence-electron chi connectivity index (χ2n) is 5.84. The molecule has 0 bridgehead atoms. The molecule has 4 nitrogen and oxygen atoms in total. The van der Waals surface area contributed by atoms with Crippen LogP contribution in [0, 0.1) is 0 Å². The third-order valence-corrected chi connectivity index (χ3v) is 4.05. The molecule has 1 aromatic heterocycles. The van der Waals surface area contributed by atoms with Gasteiger partial charge in [0.1, 0.15) is 5.75 Å². The summed E-state index contributed by atoms with van der Waals surface area (Å²) in [5.74, 6) is 0.288. The van der Waals surface area contributed by atoms with Crippen LogP contribution in [0.2, 0.25) is 0 Å². The molecule has 0 amide bonds. The first kappa shape index (κ1) is 16.3. The number of aromatic nitrogens is 2. The predicted octanol–water partition coefficient (Wildman–Crippen LogP) is 3.42. The van der Waals surface area contributed by atoms with Gasteiger partial charge in [-0.3, -0.25) is 0 Å². The minimum Gasteiger partial charge on any atom is -0.508 e. The Morgan fingerprint density at radius 2 is 1.83 bits per heavy atom. The van der Waals surface area contributed by atoms with Crippen LogP contribution in [0.3, 0.4) is 0 Å². The van der Waals surface area contributed by atoms with Gasteiger partial charge >= 0.3 is 0 Å². The molecule has 0 aliphatic heterocycles. The van der Waals surface area contributed by atoms with E-state index in [2.05, 4.69) is 21.7 Å². The van der Waals surface area contributed by atoms with E-state index in [1.807, 2.05) is 36.7 Å². The summed E-state index contributed by atoms with van der Waals surface area (Å²) < 4.78 is 7.41. The number of imidazole rings is 1. The summed E-state index contributed by atoms with van der Waals surface area (Å²) in [6, 6.07) is 17.7. The number of ether oxygens (including phenoxy) is 1. The zero-order valence-corrected chi connectivity index (χ0v) is 13.9. The van der Waals surface area contributed by atoms with Crippen molar-refractivity contribution in [3.8, 4) is 5.75 Å². The Kier molecular flexibility index (Phi) is 5.29. The van der Waals surface area contributed by atoms with Crippen molar-refractivity contribution in [3.05, 3.63) is 83.4 Å². The highest BCUT2D eigenvalue weighted by atomic mass is 16.5. The summed E-state index contributed by atoms with van der Waals surface area (Å²) in [6.45, 7) is 1.35. The maximum Gasteiger partial charge on any atom is 0.115 e. The summed E-state index contributed by atoms with van der Waals surface area (Å²) in [7, 11) is 1.72. The largest absolute Gasteiger partial charge is 0.508 e. The molecule has 3 rings (SSSR count). The molecule has 0 fully saturated rings. The van der Waals surface area contributed by atoms with Gasteiger partial charge in [0.2, 0.25) is 0 Å². The fourth-order valence-corrected chi connectivity index (χ4v) is 2.86. The first-order valence-corrected chi connectivity index (χ1v) is 8.10. The van der Waals surface area contributed by atoms with Crippen molar-refractivity contribution in [3.63, 3.8) is 0 Å². The van der Waals surface area contributed by atoms with E-state index in [1.165, 1.54) is 11.3 Å². The van der Waals surface area contributed by atoms with Gasteiger partial charge in [-0.2, -0.15) is 0 Å². The van der Waals surface area contributed by atoms with Gasteiger partial charge < -0.3 is 14.4 Å². The summed E-state index contributed by atoms with van der Waals surface area (Å²) in [6.07, 6.45) is 3.51. The first-order chi connectivity index (χ1) is 11.8. The van der Waals surface area contributed by atoms with Gasteiger partial charge in [-0.1, -0.05) is 42.5 Å². The van der Waals surface area contributed by atoms with Crippen LogP contribution in [0.15, 0.2) is 60.9 Å². The molecule has 0 aliphatic carbocycles. The smallest absolute Gasteiger partial charge is 0.115 e. The van der Waals surface area contributed by atoms with Gasteiger partial charge in [0.25, 0.3) is 0 Å². The number of aromatic hydroxyl groups is 1. The molecular weight excluding hydrogens is 300 g/mol. The van der Waals surface area contributed by atoms with Gasteiger partial charge in [-0.05, 0) is 23.3 Å². The maximum atomic E-state index is 9.66. The SMILES string of the molecule is COCCc1c(Cc2ccccc2)ncn1Cc1cccc(O)c1. The van der Waals surface area contributed by atoms with Crippen LogP contribution in [0.5, 0.6) is 5.75 Å². The van der Waals surface area contributed by atoms with E-state index in [0.717, 1.165) is 24.1 Å². The quantitative estimate of drug-likeness (QED) is 0.725. The Balaban J connectivity index is 1.85. The second kappa shape index (κ2) is 7.79. The molecular formula is C20H22N2O2. The third-order valence-electron chi connectivity index (χ3n) is 4.05. The van der Waals surface area contributed by atoms with Crippen LogP contribution in [0.25, 0.3) is 0 Å². The van der Waals surface area contributed by atoms with E-state index in [-0.39, 0.29) is 5.75 Å². The molecule has 0 unspecified atom stereocenters. The molecule has 0 atom stereocenters. The van der Waals surface area contributed by atoms with Crippen LogP contribution in [0.1, 0.15) is 22.5 Å². The normalized spacial score (nSPS) is 10.9. The Bertz CT molecular complexity index is 781. The Morgan fingerprint density at radius 1 is 1.04 bits per heavy atom. The van der Waals surface area contributed by atoms with E-state index in [1.54, 1.807) is 19.2 Å². The molecule has 1 heterocycles. The molecule has 0 saturated heterocycles. The van der Waals surface area contributed by atoms with Gasteiger partial charge in [-0.15, -0.1) is 0 Å². The fraction of sp³-hybridized carbons (Fsp3) is 0.250. The molecule has 0 aliphatic rings. The molecule has 3 aromatic rings. The monoisotopic (exact) mass is 322 g/mol. The van der Waals surface area contributed by atoms with Gasteiger partial charge in [-0.25, -0.2) is 4.98 Å². The Labute approximate surface area is 142 Å². The van der Waals surface area contributed by atoms with E-state index >= 15 is 0 Å². The molecule has 0 saturated carbocycles. The van der Waals surface area contributed by atoms with Crippen molar-refractivity contribution in [2.45, 2.75) is 19.4 Å². The van der Waals surface area contributed by atoms with Crippen LogP contribution in [0.4, 0.5) is 0 Å². The number of phenols is 1. The zero-order valence-electron chi connectivity index (χ0n) is 13.9. The number of benzene rings is 2. The Morgan fingerprint density at radius 3 is 2.58 bits per heavy atom. The number of hydrogen-bond donors (Lipinski definition) is 1. The lowest BCUT2D eigenvalue weighted by molar-refractivity contribution is 0.200. The third kappa shape index (κ3) is 4.03. The van der Waals surface area contributed by atoms with Crippen LogP contribution < -0.4 is 0 Å². The maximum absolute atomic E-state index is 9.66. The lowest BCUT2D eigenvalue weighted by atomic mass is 10.1. The van der Waals surface area contributed by atoms with Crippen LogP contribution in [-0.2, 0) is 24.1 Å². The minimum atomic E-state index is 0.288. The highest BCUT2D eigenvalue weighted by Crippen LogP contribution is 2.18. The number of hydrogen-bond acceptors (Lipinski definition) is 3. The highest BCUT2D eigenvalue weighted by Gasteiger charge is 2.12. The number of nitrogens with zero attached hydrogens (tertiary/aromatic N) is 2. The average Bonchev–Trinajstić information content (AvgIpc) is 2.95. The first-order valence-electron chi connectivity index (χ1n) is 8.10. The molecule has 124 valence electrons. The molecule has 1 N–H and O–H groups in total. The summed E-state index contributed by atoms with van der Waals surface area (Å²) in [5, 5.41) is 9.66. The predicted molar refractivity (Wildman–Crippen MR) is 94.3 cm³/mol. The molecule has 2 aromatic carbocycles. The topological polar surface area (TPSA) is 47.3 Å². The number of methoxy groups -OCH3 is 1. The van der Waals surface area contributed by atoms with Crippen molar-refractivity contribution in [1.82, 2.24) is 9.55 Å². The van der Waals surface area contributed by atoms with Crippen molar-refractivity contribution in [2.24, 2.45) is 0 Å². The zero-order chi connectivity index (χ0) is 16.8. The van der Waals surface area contributed by atoms with Gasteiger partial charge in [0, 0.05) is 32.2 Å².